The molecule has 3 heterocycles. The summed E-state index contributed by atoms with van der Waals surface area (Å²) in [7, 11) is 1.63. The number of nitrogens with zero attached hydrogens (tertiary/aromatic N) is 3. The van der Waals surface area contributed by atoms with Crippen LogP contribution in [0.4, 0.5) is 13.2 Å². The van der Waals surface area contributed by atoms with Gasteiger partial charge in [0.2, 0.25) is 5.91 Å². The van der Waals surface area contributed by atoms with E-state index >= 15 is 0 Å². The number of carbonyl (C=O) groups is 1. The first kappa shape index (κ1) is 23.5. The quantitative estimate of drug-likeness (QED) is 0.665. The first-order valence-electron chi connectivity index (χ1n) is 11.4. The van der Waals surface area contributed by atoms with Crippen LogP contribution < -0.4 is 10.1 Å². The van der Waals surface area contributed by atoms with Gasteiger partial charge in [-0.3, -0.25) is 19.7 Å². The topological polar surface area (TPSA) is 67.4 Å². The molecule has 2 fully saturated rings. The van der Waals surface area contributed by atoms with Crippen LogP contribution in [0.15, 0.2) is 30.6 Å². The number of amides is 1. The normalized spacial score (nSPS) is 18.1. The number of ether oxygens (including phenoxy) is 1. The second-order valence-electron chi connectivity index (χ2n) is 8.87. The van der Waals surface area contributed by atoms with E-state index < -0.39 is 11.7 Å². The fourth-order valence-corrected chi connectivity index (χ4v) is 4.62. The smallest absolute Gasteiger partial charge is 0.416 e. The lowest BCUT2D eigenvalue weighted by molar-refractivity contribution is -0.138. The third-order valence-electron chi connectivity index (χ3n) is 6.49. The second kappa shape index (κ2) is 10.1. The monoisotopic (exact) mass is 462 g/mol. The Hall–Kier alpha value is -2.68. The summed E-state index contributed by atoms with van der Waals surface area (Å²) < 4.78 is 46.8. The predicted molar refractivity (Wildman–Crippen MR) is 116 cm³/mol. The number of alkyl halides is 3. The van der Waals surface area contributed by atoms with Gasteiger partial charge in [0.1, 0.15) is 12.4 Å². The zero-order valence-corrected chi connectivity index (χ0v) is 18.7. The van der Waals surface area contributed by atoms with Gasteiger partial charge in [0.15, 0.2) is 0 Å². The summed E-state index contributed by atoms with van der Waals surface area (Å²) in [5.74, 6) is 0.471. The molecule has 0 bridgehead atoms. The summed E-state index contributed by atoms with van der Waals surface area (Å²) in [5, 5.41) is 2.65. The number of rotatable bonds is 7. The van der Waals surface area contributed by atoms with Crippen molar-refractivity contribution in [2.45, 2.75) is 57.3 Å². The fraction of sp³-hybridized carbons (Fsp3) is 0.542. The third-order valence-corrected chi connectivity index (χ3v) is 6.49. The maximum absolute atomic E-state index is 13.7. The molecule has 6 nitrogen and oxygen atoms in total. The van der Waals surface area contributed by atoms with Crippen molar-refractivity contribution < 1.29 is 22.7 Å². The van der Waals surface area contributed by atoms with Crippen LogP contribution in [0.1, 0.15) is 60.5 Å². The van der Waals surface area contributed by atoms with Gasteiger partial charge in [0.05, 0.1) is 29.1 Å². The first-order chi connectivity index (χ1) is 15.8. The second-order valence-corrected chi connectivity index (χ2v) is 8.87. The summed E-state index contributed by atoms with van der Waals surface area (Å²) >= 11 is 0. The molecule has 0 spiro atoms. The molecule has 33 heavy (non-hydrogen) atoms. The maximum Gasteiger partial charge on any atom is 0.416 e. The lowest BCUT2D eigenvalue weighted by atomic mass is 9.82. The minimum atomic E-state index is -4.42. The molecule has 1 saturated heterocycles. The SMILES string of the molecule is CNC(=O)C1CN(Cc2ccc(OCc3cc(C(F)(F)F)c(C4CCCCC4)cn3)cn2)C1. The molecule has 2 aromatic heterocycles. The Labute approximate surface area is 191 Å². The molecule has 0 aromatic carbocycles. The zero-order valence-electron chi connectivity index (χ0n) is 18.7. The molecule has 0 unspecified atom stereocenters. The predicted octanol–water partition coefficient (Wildman–Crippen LogP) is 4.30. The number of hydrogen-bond acceptors (Lipinski definition) is 5. The van der Waals surface area contributed by atoms with E-state index in [1.807, 2.05) is 6.07 Å². The molecule has 1 amide bonds. The van der Waals surface area contributed by atoms with Crippen molar-refractivity contribution in [2.24, 2.45) is 5.92 Å². The average molecular weight is 463 g/mol. The van der Waals surface area contributed by atoms with Crippen molar-refractivity contribution in [3.05, 3.63) is 53.1 Å². The highest BCUT2D eigenvalue weighted by atomic mass is 19.4. The molecule has 2 aromatic rings. The van der Waals surface area contributed by atoms with Crippen molar-refractivity contribution in [1.82, 2.24) is 20.2 Å². The highest BCUT2D eigenvalue weighted by molar-refractivity contribution is 5.79. The summed E-state index contributed by atoms with van der Waals surface area (Å²) in [6.07, 6.45) is 3.10. The minimum Gasteiger partial charge on any atom is -0.486 e. The lowest BCUT2D eigenvalue weighted by Gasteiger charge is -2.37. The van der Waals surface area contributed by atoms with Gasteiger partial charge in [-0.25, -0.2) is 0 Å². The van der Waals surface area contributed by atoms with E-state index in [9.17, 15) is 18.0 Å². The van der Waals surface area contributed by atoms with Gasteiger partial charge in [0.25, 0.3) is 0 Å². The van der Waals surface area contributed by atoms with Crippen LogP contribution in [0.5, 0.6) is 5.75 Å². The summed E-state index contributed by atoms with van der Waals surface area (Å²) in [6.45, 7) is 1.97. The first-order valence-corrected chi connectivity index (χ1v) is 11.4. The lowest BCUT2D eigenvalue weighted by Crippen LogP contribution is -2.52. The van der Waals surface area contributed by atoms with E-state index in [4.69, 9.17) is 4.74 Å². The highest BCUT2D eigenvalue weighted by Gasteiger charge is 2.36. The minimum absolute atomic E-state index is 0.0243. The molecule has 0 radical (unpaired) electrons. The van der Waals surface area contributed by atoms with Crippen LogP contribution in [-0.4, -0.2) is 40.9 Å². The molecule has 1 N–H and O–H groups in total. The van der Waals surface area contributed by atoms with Gasteiger partial charge in [-0.15, -0.1) is 0 Å². The Morgan fingerprint density at radius 2 is 1.85 bits per heavy atom. The Kier molecular flexibility index (Phi) is 7.17. The molecular formula is C24H29F3N4O2. The molecule has 9 heteroatoms. The molecule has 1 saturated carbocycles. The van der Waals surface area contributed by atoms with E-state index in [0.29, 0.717) is 30.9 Å². The van der Waals surface area contributed by atoms with E-state index in [1.165, 1.54) is 6.20 Å². The summed E-state index contributed by atoms with van der Waals surface area (Å²) in [4.78, 5) is 22.3. The molecule has 4 rings (SSSR count). The summed E-state index contributed by atoms with van der Waals surface area (Å²) in [6, 6.07) is 4.70. The molecular weight excluding hydrogens is 433 g/mol. The van der Waals surface area contributed by atoms with Crippen molar-refractivity contribution in [1.29, 1.82) is 0 Å². The Morgan fingerprint density at radius 3 is 2.48 bits per heavy atom. The molecule has 1 aliphatic carbocycles. The molecule has 0 atom stereocenters. The van der Waals surface area contributed by atoms with E-state index in [1.54, 1.807) is 19.3 Å². The van der Waals surface area contributed by atoms with Gasteiger partial charge in [0, 0.05) is 32.9 Å². The Bertz CT molecular complexity index is 953. The van der Waals surface area contributed by atoms with E-state index in [2.05, 4.69) is 20.2 Å². The highest BCUT2D eigenvalue weighted by Crippen LogP contribution is 2.40. The van der Waals surface area contributed by atoms with Gasteiger partial charge < -0.3 is 10.1 Å². The molecule has 1 aliphatic heterocycles. The van der Waals surface area contributed by atoms with Crippen molar-refractivity contribution in [3.63, 3.8) is 0 Å². The van der Waals surface area contributed by atoms with Crippen LogP contribution in [0.2, 0.25) is 0 Å². The van der Waals surface area contributed by atoms with Crippen LogP contribution >= 0.6 is 0 Å². The Morgan fingerprint density at radius 1 is 1.12 bits per heavy atom. The average Bonchev–Trinajstić information content (AvgIpc) is 2.80. The van der Waals surface area contributed by atoms with Gasteiger partial charge >= 0.3 is 6.18 Å². The van der Waals surface area contributed by atoms with Crippen LogP contribution in [0, 0.1) is 5.92 Å². The van der Waals surface area contributed by atoms with Crippen molar-refractivity contribution in [3.8, 4) is 5.75 Å². The number of nitrogens with one attached hydrogen (secondary N) is 1. The number of hydrogen-bond donors (Lipinski definition) is 1. The van der Waals surface area contributed by atoms with Crippen molar-refractivity contribution >= 4 is 5.91 Å². The number of halogens is 3. The van der Waals surface area contributed by atoms with Gasteiger partial charge in [-0.05, 0) is 42.5 Å². The van der Waals surface area contributed by atoms with Gasteiger partial charge in [-0.1, -0.05) is 19.3 Å². The Balaban J connectivity index is 1.34. The summed E-state index contributed by atoms with van der Waals surface area (Å²) in [5.41, 5.74) is 0.793. The van der Waals surface area contributed by atoms with E-state index in [-0.39, 0.29) is 30.0 Å². The molecule has 2 aliphatic rings. The number of likely N-dealkylation sites (tertiary alicyclic amines) is 1. The van der Waals surface area contributed by atoms with Crippen LogP contribution in [-0.2, 0) is 24.1 Å². The number of carbonyl (C=O) groups excluding carboxylic acids is 1. The van der Waals surface area contributed by atoms with Crippen molar-refractivity contribution in [2.75, 3.05) is 20.1 Å². The van der Waals surface area contributed by atoms with E-state index in [0.717, 1.165) is 43.9 Å². The zero-order chi connectivity index (χ0) is 23.4. The van der Waals surface area contributed by atoms with Crippen LogP contribution in [0.25, 0.3) is 0 Å². The standard InChI is InChI=1S/C24H29F3N4O2/c1-28-23(32)17-12-31(13-17)14-18-7-8-20(10-29-18)33-15-19-9-22(24(25,26)27)21(11-30-19)16-5-3-2-4-6-16/h7-11,16-17H,2-6,12-15H2,1H3,(H,28,32). The third kappa shape index (κ3) is 5.82. The fourth-order valence-electron chi connectivity index (χ4n) is 4.62. The van der Waals surface area contributed by atoms with Gasteiger partial charge in [-0.2, -0.15) is 13.2 Å². The maximum atomic E-state index is 13.7. The number of pyridine rings is 2. The van der Waals surface area contributed by atoms with Crippen LogP contribution in [0.3, 0.4) is 0 Å². The largest absolute Gasteiger partial charge is 0.486 e. The number of aromatic nitrogens is 2. The molecule has 178 valence electrons.